The first-order valence-electron chi connectivity index (χ1n) is 6.24. The van der Waals surface area contributed by atoms with Crippen molar-refractivity contribution in [3.05, 3.63) is 0 Å². The van der Waals surface area contributed by atoms with Crippen molar-refractivity contribution in [2.75, 3.05) is 33.4 Å². The fourth-order valence-electron chi connectivity index (χ4n) is 2.96. The van der Waals surface area contributed by atoms with Crippen LogP contribution in [0.5, 0.6) is 0 Å². The molecule has 2 N–H and O–H groups in total. The van der Waals surface area contributed by atoms with Gasteiger partial charge in [-0.2, -0.15) is 0 Å². The predicted molar refractivity (Wildman–Crippen MR) is 61.5 cm³/mol. The van der Waals surface area contributed by atoms with Crippen molar-refractivity contribution in [3.8, 4) is 0 Å². The third kappa shape index (κ3) is 2.74. The molecule has 0 aromatic heterocycles. The molecular weight excluding hydrogens is 206 g/mol. The minimum Gasteiger partial charge on any atom is -0.388 e. The van der Waals surface area contributed by atoms with Gasteiger partial charge in [0, 0.05) is 26.7 Å². The lowest BCUT2D eigenvalue weighted by atomic mass is 9.82. The molecule has 4 heteroatoms. The molecule has 2 aliphatic rings. The first kappa shape index (κ1) is 12.3. The number of ether oxygens (including phenoxy) is 2. The van der Waals surface area contributed by atoms with Crippen molar-refractivity contribution in [1.29, 1.82) is 0 Å². The highest BCUT2D eigenvalue weighted by molar-refractivity contribution is 4.97. The first-order chi connectivity index (χ1) is 7.68. The van der Waals surface area contributed by atoms with Gasteiger partial charge >= 0.3 is 0 Å². The van der Waals surface area contributed by atoms with Crippen LogP contribution in [0.2, 0.25) is 0 Å². The van der Waals surface area contributed by atoms with E-state index < -0.39 is 5.60 Å². The third-order valence-electron chi connectivity index (χ3n) is 3.71. The van der Waals surface area contributed by atoms with Crippen LogP contribution in [-0.2, 0) is 9.47 Å². The molecule has 2 heterocycles. The van der Waals surface area contributed by atoms with Gasteiger partial charge in [-0.15, -0.1) is 0 Å². The number of β-amino-alcohol motifs (C(OH)–C–C–N with tert-alkyl or cyclic N) is 1. The van der Waals surface area contributed by atoms with Gasteiger partial charge < -0.3 is 19.9 Å². The maximum atomic E-state index is 10.4. The largest absolute Gasteiger partial charge is 0.388 e. The van der Waals surface area contributed by atoms with Crippen molar-refractivity contribution < 1.29 is 14.6 Å². The summed E-state index contributed by atoms with van der Waals surface area (Å²) in [4.78, 5) is 0. The van der Waals surface area contributed by atoms with E-state index in [0.717, 1.165) is 32.4 Å². The maximum absolute atomic E-state index is 10.4. The Hall–Kier alpha value is -0.160. The number of rotatable bonds is 4. The van der Waals surface area contributed by atoms with Crippen LogP contribution < -0.4 is 5.32 Å². The number of nitrogens with one attached hydrogen (secondary N) is 1. The van der Waals surface area contributed by atoms with Gasteiger partial charge in [0.15, 0.2) is 0 Å². The molecule has 2 unspecified atom stereocenters. The van der Waals surface area contributed by atoms with E-state index in [-0.39, 0.29) is 5.60 Å². The molecule has 0 aromatic rings. The second kappa shape index (κ2) is 5.00. The fourth-order valence-corrected chi connectivity index (χ4v) is 2.96. The Labute approximate surface area is 97.3 Å². The zero-order valence-corrected chi connectivity index (χ0v) is 10.1. The molecule has 2 fully saturated rings. The molecule has 0 aliphatic carbocycles. The van der Waals surface area contributed by atoms with Gasteiger partial charge in [0.1, 0.15) is 0 Å². The zero-order valence-electron chi connectivity index (χ0n) is 10.1. The summed E-state index contributed by atoms with van der Waals surface area (Å²) >= 11 is 0. The summed E-state index contributed by atoms with van der Waals surface area (Å²) in [5, 5.41) is 13.7. The van der Waals surface area contributed by atoms with Crippen molar-refractivity contribution >= 4 is 0 Å². The minimum absolute atomic E-state index is 0.256. The van der Waals surface area contributed by atoms with Crippen molar-refractivity contribution in [1.82, 2.24) is 5.32 Å². The van der Waals surface area contributed by atoms with Crippen LogP contribution in [0.15, 0.2) is 0 Å². The average Bonchev–Trinajstić information content (AvgIpc) is 2.66. The number of hydrogen-bond acceptors (Lipinski definition) is 4. The molecular formula is C12H23NO3. The normalized spacial score (nSPS) is 40.1. The van der Waals surface area contributed by atoms with E-state index in [1.54, 1.807) is 7.11 Å². The average molecular weight is 229 g/mol. The fraction of sp³-hybridized carbons (Fsp3) is 1.00. The van der Waals surface area contributed by atoms with Gasteiger partial charge in [-0.25, -0.2) is 0 Å². The van der Waals surface area contributed by atoms with Gasteiger partial charge in [-0.1, -0.05) is 0 Å². The van der Waals surface area contributed by atoms with Crippen LogP contribution in [0, 0.1) is 0 Å². The summed E-state index contributed by atoms with van der Waals surface area (Å²) in [5.41, 5.74) is -0.857. The molecule has 0 aromatic carbocycles. The number of aliphatic hydroxyl groups is 1. The van der Waals surface area contributed by atoms with E-state index in [9.17, 15) is 5.11 Å². The lowest BCUT2D eigenvalue weighted by molar-refractivity contribution is -0.150. The second-order valence-corrected chi connectivity index (χ2v) is 5.25. The summed E-state index contributed by atoms with van der Waals surface area (Å²) in [5.74, 6) is 0. The standard InChI is InChI=1S/C12H23NO3/c1-15-10-12(4-2-3-7-16-12)8-11(14)5-6-13-9-11/h13-14H,2-10H2,1H3. The van der Waals surface area contributed by atoms with E-state index in [2.05, 4.69) is 5.32 Å². The van der Waals surface area contributed by atoms with Crippen LogP contribution in [0.4, 0.5) is 0 Å². The minimum atomic E-state index is -0.601. The molecule has 0 radical (unpaired) electrons. The van der Waals surface area contributed by atoms with E-state index in [0.29, 0.717) is 19.6 Å². The summed E-state index contributed by atoms with van der Waals surface area (Å²) in [6.07, 6.45) is 4.82. The Morgan fingerprint density at radius 3 is 2.81 bits per heavy atom. The summed E-state index contributed by atoms with van der Waals surface area (Å²) in [6, 6.07) is 0. The highest BCUT2D eigenvalue weighted by Gasteiger charge is 2.43. The topological polar surface area (TPSA) is 50.7 Å². The van der Waals surface area contributed by atoms with Crippen molar-refractivity contribution in [3.63, 3.8) is 0 Å². The SMILES string of the molecule is COCC1(CC2(O)CCNC2)CCCCO1. The van der Waals surface area contributed by atoms with E-state index in [1.807, 2.05) is 0 Å². The van der Waals surface area contributed by atoms with Crippen molar-refractivity contribution in [2.45, 2.75) is 43.3 Å². The Balaban J connectivity index is 2.00. The van der Waals surface area contributed by atoms with E-state index in [4.69, 9.17) is 9.47 Å². The van der Waals surface area contributed by atoms with Gasteiger partial charge in [0.25, 0.3) is 0 Å². The molecule has 0 amide bonds. The molecule has 2 saturated heterocycles. The first-order valence-corrected chi connectivity index (χ1v) is 6.24. The summed E-state index contributed by atoms with van der Waals surface area (Å²) in [7, 11) is 1.71. The Kier molecular flexibility index (Phi) is 3.85. The molecule has 0 bridgehead atoms. The van der Waals surface area contributed by atoms with E-state index >= 15 is 0 Å². The van der Waals surface area contributed by atoms with Gasteiger partial charge in [-0.05, 0) is 32.2 Å². The lowest BCUT2D eigenvalue weighted by Gasteiger charge is -2.41. The quantitative estimate of drug-likeness (QED) is 0.744. The molecule has 4 nitrogen and oxygen atoms in total. The monoisotopic (exact) mass is 229 g/mol. The summed E-state index contributed by atoms with van der Waals surface area (Å²) in [6.45, 7) is 2.98. The van der Waals surface area contributed by atoms with Crippen LogP contribution in [-0.4, -0.2) is 49.7 Å². The molecule has 0 spiro atoms. The van der Waals surface area contributed by atoms with Crippen LogP contribution in [0.3, 0.4) is 0 Å². The second-order valence-electron chi connectivity index (χ2n) is 5.25. The van der Waals surface area contributed by atoms with Crippen LogP contribution in [0.25, 0.3) is 0 Å². The zero-order chi connectivity index (χ0) is 11.5. The van der Waals surface area contributed by atoms with Gasteiger partial charge in [0.05, 0.1) is 17.8 Å². The smallest absolute Gasteiger partial charge is 0.0942 e. The van der Waals surface area contributed by atoms with Gasteiger partial charge in [0.2, 0.25) is 0 Å². The number of methoxy groups -OCH3 is 1. The van der Waals surface area contributed by atoms with E-state index in [1.165, 1.54) is 6.42 Å². The molecule has 2 aliphatic heterocycles. The Morgan fingerprint density at radius 2 is 2.25 bits per heavy atom. The maximum Gasteiger partial charge on any atom is 0.0942 e. The highest BCUT2D eigenvalue weighted by Crippen LogP contribution is 2.35. The molecule has 0 saturated carbocycles. The predicted octanol–water partition coefficient (Wildman–Crippen LogP) is 0.687. The summed E-state index contributed by atoms with van der Waals surface area (Å²) < 4.78 is 11.2. The lowest BCUT2D eigenvalue weighted by Crippen LogP contribution is -2.49. The van der Waals surface area contributed by atoms with Crippen LogP contribution in [0.1, 0.15) is 32.1 Å². The number of hydrogen-bond donors (Lipinski definition) is 2. The molecule has 16 heavy (non-hydrogen) atoms. The van der Waals surface area contributed by atoms with Crippen molar-refractivity contribution in [2.24, 2.45) is 0 Å². The Morgan fingerprint density at radius 1 is 1.38 bits per heavy atom. The molecule has 2 rings (SSSR count). The molecule has 2 atom stereocenters. The van der Waals surface area contributed by atoms with Crippen LogP contribution >= 0.6 is 0 Å². The molecule has 94 valence electrons. The highest BCUT2D eigenvalue weighted by atomic mass is 16.5. The van der Waals surface area contributed by atoms with Gasteiger partial charge in [-0.3, -0.25) is 0 Å². The Bertz CT molecular complexity index is 215. The third-order valence-corrected chi connectivity index (χ3v) is 3.71.